The highest BCUT2D eigenvalue weighted by Gasteiger charge is 2.37. The van der Waals surface area contributed by atoms with E-state index in [9.17, 15) is 9.90 Å². The van der Waals surface area contributed by atoms with Gasteiger partial charge in [0.1, 0.15) is 18.1 Å². The molecule has 0 bridgehead atoms. The maximum Gasteiger partial charge on any atom is 0.500 e. The minimum absolute atomic E-state index is 0.0102. The van der Waals surface area contributed by atoms with Crippen LogP contribution in [0, 0.1) is 5.41 Å². The minimum atomic E-state index is -2.61. The van der Waals surface area contributed by atoms with Crippen LogP contribution in [-0.2, 0) is 27.5 Å². The summed E-state index contributed by atoms with van der Waals surface area (Å²) in [6.45, 7) is 0.361. The summed E-state index contributed by atoms with van der Waals surface area (Å²) in [7, 11) is 1.98. The molecule has 0 aliphatic heterocycles. The summed E-state index contributed by atoms with van der Waals surface area (Å²) in [6.07, 6.45) is -0.369. The van der Waals surface area contributed by atoms with Crippen molar-refractivity contribution in [3.05, 3.63) is 0 Å². The zero-order valence-corrected chi connectivity index (χ0v) is 15.8. The van der Waals surface area contributed by atoms with Crippen LogP contribution in [0.5, 0.6) is 0 Å². The van der Waals surface area contributed by atoms with Gasteiger partial charge >= 0.3 is 14.8 Å². The Morgan fingerprint density at radius 2 is 1.62 bits per heavy atom. The van der Waals surface area contributed by atoms with E-state index in [-0.39, 0.29) is 13.2 Å². The summed E-state index contributed by atoms with van der Waals surface area (Å²) < 4.78 is 26.0. The highest BCUT2D eigenvalue weighted by molar-refractivity contribution is 6.60. The molecule has 10 heteroatoms. The number of aliphatic hydroxyl groups excluding tert-OH is 3. The molecule has 1 atom stereocenters. The fourth-order valence-corrected chi connectivity index (χ4v) is 3.43. The van der Waals surface area contributed by atoms with E-state index in [0.29, 0.717) is 19.1 Å². The lowest BCUT2D eigenvalue weighted by molar-refractivity contribution is -0.164. The zero-order valence-electron chi connectivity index (χ0n) is 14.8. The third kappa shape index (κ3) is 7.53. The van der Waals surface area contributed by atoms with Crippen LogP contribution in [0.1, 0.15) is 13.3 Å². The highest BCUT2D eigenvalue weighted by Crippen LogP contribution is 2.17. The lowest BCUT2D eigenvalue weighted by atomic mass is 9.93. The largest absolute Gasteiger partial charge is 0.500 e. The van der Waals surface area contributed by atoms with Gasteiger partial charge < -0.3 is 38.1 Å². The Labute approximate surface area is 143 Å². The summed E-state index contributed by atoms with van der Waals surface area (Å²) in [6, 6.07) is 0.576. The molecule has 0 fully saturated rings. The van der Waals surface area contributed by atoms with Crippen molar-refractivity contribution in [2.75, 3.05) is 54.4 Å². The van der Waals surface area contributed by atoms with E-state index in [0.717, 1.165) is 0 Å². The van der Waals surface area contributed by atoms with Crippen LogP contribution < -0.4 is 0 Å². The van der Waals surface area contributed by atoms with Gasteiger partial charge in [0.25, 0.3) is 0 Å². The molecule has 144 valence electrons. The first-order valence-corrected chi connectivity index (χ1v) is 9.56. The summed E-state index contributed by atoms with van der Waals surface area (Å²) in [5.74, 6) is -0.775. The SMILES string of the molecule is CO[Si](CCCOCC(O)COC(=O)C(C)(CO)CO)(OC)OC. The molecular weight excluding hydrogens is 340 g/mol. The van der Waals surface area contributed by atoms with Crippen LogP contribution in [0.3, 0.4) is 0 Å². The Balaban J connectivity index is 3.96. The molecule has 0 saturated carbocycles. The van der Waals surface area contributed by atoms with Gasteiger partial charge in [0.2, 0.25) is 0 Å². The standard InChI is InChI=1S/C14H30O9Si/c1-14(10-15,11-16)13(18)23-9-12(17)8-22-6-5-7-24(19-2,20-3)21-4/h12,15-17H,5-11H2,1-4H3. The van der Waals surface area contributed by atoms with Crippen molar-refractivity contribution in [3.8, 4) is 0 Å². The molecule has 0 spiro atoms. The molecular formula is C14H30O9Si. The number of hydrogen-bond acceptors (Lipinski definition) is 9. The molecule has 24 heavy (non-hydrogen) atoms. The molecule has 3 N–H and O–H groups in total. The molecule has 0 amide bonds. The number of ether oxygens (including phenoxy) is 2. The van der Waals surface area contributed by atoms with Gasteiger partial charge in [-0.1, -0.05) is 0 Å². The monoisotopic (exact) mass is 370 g/mol. The second-order valence-electron chi connectivity index (χ2n) is 5.60. The van der Waals surface area contributed by atoms with Crippen molar-refractivity contribution in [1.82, 2.24) is 0 Å². The average molecular weight is 370 g/mol. The first-order chi connectivity index (χ1) is 11.3. The summed E-state index contributed by atoms with van der Waals surface area (Å²) in [4.78, 5) is 11.7. The predicted molar refractivity (Wildman–Crippen MR) is 86.3 cm³/mol. The first kappa shape index (κ1) is 23.4. The molecule has 0 rings (SSSR count). The smallest absolute Gasteiger partial charge is 0.462 e. The van der Waals surface area contributed by atoms with Gasteiger partial charge in [-0.3, -0.25) is 4.79 Å². The normalized spacial score (nSPS) is 13.8. The quantitative estimate of drug-likeness (QED) is 0.204. The van der Waals surface area contributed by atoms with E-state index in [1.54, 1.807) is 0 Å². The molecule has 0 heterocycles. The zero-order chi connectivity index (χ0) is 18.6. The molecule has 0 radical (unpaired) electrons. The van der Waals surface area contributed by atoms with Gasteiger partial charge in [-0.15, -0.1) is 0 Å². The summed E-state index contributed by atoms with van der Waals surface area (Å²) in [5, 5.41) is 27.9. The summed E-state index contributed by atoms with van der Waals surface area (Å²) >= 11 is 0. The second kappa shape index (κ2) is 11.9. The highest BCUT2D eigenvalue weighted by atomic mass is 28.4. The molecule has 0 aromatic carbocycles. The molecule has 9 nitrogen and oxygen atoms in total. The van der Waals surface area contributed by atoms with Crippen molar-refractivity contribution in [1.29, 1.82) is 0 Å². The topological polar surface area (TPSA) is 124 Å². The average Bonchev–Trinajstić information content (AvgIpc) is 2.62. The first-order valence-electron chi connectivity index (χ1n) is 7.63. The lowest BCUT2D eigenvalue weighted by Crippen LogP contribution is -2.42. The molecule has 1 unspecified atom stereocenters. The lowest BCUT2D eigenvalue weighted by Gasteiger charge is -2.24. The predicted octanol–water partition coefficient (Wildman–Crippen LogP) is -0.834. The van der Waals surface area contributed by atoms with E-state index < -0.39 is 39.5 Å². The third-order valence-electron chi connectivity index (χ3n) is 3.61. The van der Waals surface area contributed by atoms with E-state index in [1.807, 2.05) is 0 Å². The maximum atomic E-state index is 11.7. The van der Waals surface area contributed by atoms with Crippen molar-refractivity contribution in [3.63, 3.8) is 0 Å². The van der Waals surface area contributed by atoms with Crippen molar-refractivity contribution < 1.29 is 42.9 Å². The van der Waals surface area contributed by atoms with Gasteiger partial charge in [-0.2, -0.15) is 0 Å². The number of rotatable bonds is 14. The number of carbonyl (C=O) groups excluding carboxylic acids is 1. The fourth-order valence-electron chi connectivity index (χ4n) is 1.74. The Morgan fingerprint density at radius 1 is 1.08 bits per heavy atom. The van der Waals surface area contributed by atoms with Crippen LogP contribution in [-0.4, -0.2) is 90.6 Å². The Morgan fingerprint density at radius 3 is 2.08 bits per heavy atom. The minimum Gasteiger partial charge on any atom is -0.462 e. The van der Waals surface area contributed by atoms with Crippen LogP contribution >= 0.6 is 0 Å². The molecule has 0 aliphatic carbocycles. The second-order valence-corrected chi connectivity index (χ2v) is 8.69. The molecule has 0 aromatic rings. The third-order valence-corrected chi connectivity index (χ3v) is 6.44. The van der Waals surface area contributed by atoms with Crippen LogP contribution in [0.15, 0.2) is 0 Å². The van der Waals surface area contributed by atoms with Crippen molar-refractivity contribution in [2.24, 2.45) is 5.41 Å². The maximum absolute atomic E-state index is 11.7. The number of carbonyl (C=O) groups is 1. The summed E-state index contributed by atoms with van der Waals surface area (Å²) in [5.41, 5.74) is -1.38. The van der Waals surface area contributed by atoms with Gasteiger partial charge in [-0.25, -0.2) is 0 Å². The number of esters is 1. The molecule has 0 aromatic heterocycles. The van der Waals surface area contributed by atoms with Crippen LogP contribution in [0.4, 0.5) is 0 Å². The van der Waals surface area contributed by atoms with Crippen molar-refractivity contribution in [2.45, 2.75) is 25.5 Å². The van der Waals surface area contributed by atoms with Gasteiger partial charge in [0.05, 0.1) is 19.8 Å². The fraction of sp³-hybridized carbons (Fsp3) is 0.929. The molecule has 0 saturated heterocycles. The number of hydrogen-bond donors (Lipinski definition) is 3. The van der Waals surface area contributed by atoms with E-state index in [2.05, 4.69) is 0 Å². The Bertz CT molecular complexity index is 337. The van der Waals surface area contributed by atoms with Gasteiger partial charge in [0, 0.05) is 34.0 Å². The Kier molecular flexibility index (Phi) is 11.6. The van der Waals surface area contributed by atoms with E-state index in [1.165, 1.54) is 28.3 Å². The van der Waals surface area contributed by atoms with E-state index >= 15 is 0 Å². The van der Waals surface area contributed by atoms with Crippen LogP contribution in [0.2, 0.25) is 6.04 Å². The van der Waals surface area contributed by atoms with Gasteiger partial charge in [0.15, 0.2) is 0 Å². The van der Waals surface area contributed by atoms with Gasteiger partial charge in [-0.05, 0) is 13.3 Å². The molecule has 0 aliphatic rings. The van der Waals surface area contributed by atoms with Crippen molar-refractivity contribution >= 4 is 14.8 Å². The Hall–Kier alpha value is -0.593. The number of aliphatic hydroxyl groups is 3. The van der Waals surface area contributed by atoms with Crippen LogP contribution in [0.25, 0.3) is 0 Å². The van der Waals surface area contributed by atoms with E-state index in [4.69, 9.17) is 33.0 Å².